The molecule has 16 heavy (non-hydrogen) atoms. The van der Waals surface area contributed by atoms with E-state index in [-0.39, 0.29) is 6.04 Å². The first-order valence-electron chi connectivity index (χ1n) is 6.58. The number of nitrogens with two attached hydrogens (primary N) is 1. The smallest absolute Gasteiger partial charge is 0.0297 e. The van der Waals surface area contributed by atoms with E-state index in [0.29, 0.717) is 0 Å². The predicted octanol–water partition coefficient (Wildman–Crippen LogP) is 3.97. The van der Waals surface area contributed by atoms with Gasteiger partial charge in [0.15, 0.2) is 0 Å². The molecule has 1 aromatic carbocycles. The highest BCUT2D eigenvalue weighted by Crippen LogP contribution is 2.31. The van der Waals surface area contributed by atoms with Gasteiger partial charge in [0.25, 0.3) is 0 Å². The van der Waals surface area contributed by atoms with Gasteiger partial charge in [-0.15, -0.1) is 0 Å². The molecule has 1 atom stereocenters. The fraction of sp³-hybridized carbons (Fsp3) is 0.600. The zero-order valence-corrected chi connectivity index (χ0v) is 10.3. The second-order valence-corrected chi connectivity index (χ2v) is 5.19. The summed E-state index contributed by atoms with van der Waals surface area (Å²) in [6.45, 7) is 2.16. The van der Waals surface area contributed by atoms with E-state index in [9.17, 15) is 0 Å². The van der Waals surface area contributed by atoms with E-state index in [1.54, 1.807) is 0 Å². The van der Waals surface area contributed by atoms with Crippen LogP contribution in [0, 0.1) is 12.8 Å². The monoisotopic (exact) mass is 217 g/mol. The molecule has 2 N–H and O–H groups in total. The van der Waals surface area contributed by atoms with Gasteiger partial charge in [-0.05, 0) is 36.8 Å². The molecule has 2 rings (SSSR count). The van der Waals surface area contributed by atoms with Gasteiger partial charge in [-0.25, -0.2) is 0 Å². The van der Waals surface area contributed by atoms with Crippen molar-refractivity contribution in [1.82, 2.24) is 0 Å². The van der Waals surface area contributed by atoms with Crippen molar-refractivity contribution in [2.45, 2.75) is 51.5 Å². The molecule has 0 aliphatic heterocycles. The number of benzene rings is 1. The van der Waals surface area contributed by atoms with E-state index in [4.69, 9.17) is 5.73 Å². The summed E-state index contributed by atoms with van der Waals surface area (Å²) >= 11 is 0. The van der Waals surface area contributed by atoms with Gasteiger partial charge in [-0.1, -0.05) is 49.9 Å². The molecule has 1 aliphatic rings. The Morgan fingerprint density at radius 2 is 1.94 bits per heavy atom. The molecule has 1 saturated carbocycles. The van der Waals surface area contributed by atoms with Crippen LogP contribution in [0.3, 0.4) is 0 Å². The van der Waals surface area contributed by atoms with Crippen LogP contribution in [0.5, 0.6) is 0 Å². The molecule has 1 aromatic rings. The third kappa shape index (κ3) is 2.85. The lowest BCUT2D eigenvalue weighted by atomic mass is 9.93. The lowest BCUT2D eigenvalue weighted by molar-refractivity contribution is 0.453. The van der Waals surface area contributed by atoms with Gasteiger partial charge in [0, 0.05) is 6.04 Å². The Morgan fingerprint density at radius 1 is 1.25 bits per heavy atom. The van der Waals surface area contributed by atoms with E-state index < -0.39 is 0 Å². The summed E-state index contributed by atoms with van der Waals surface area (Å²) < 4.78 is 0. The van der Waals surface area contributed by atoms with Gasteiger partial charge in [0.2, 0.25) is 0 Å². The van der Waals surface area contributed by atoms with Crippen molar-refractivity contribution >= 4 is 0 Å². The molecular formula is C15H23N. The van der Waals surface area contributed by atoms with E-state index in [0.717, 1.165) is 12.3 Å². The molecule has 1 unspecified atom stereocenters. The van der Waals surface area contributed by atoms with E-state index in [2.05, 4.69) is 31.2 Å². The maximum absolute atomic E-state index is 6.27. The largest absolute Gasteiger partial charge is 0.324 e. The summed E-state index contributed by atoms with van der Waals surface area (Å²) in [7, 11) is 0. The van der Waals surface area contributed by atoms with E-state index in [1.807, 2.05) is 0 Å². The first-order chi connectivity index (χ1) is 7.77. The molecule has 0 aromatic heterocycles. The van der Waals surface area contributed by atoms with Crippen LogP contribution in [0.2, 0.25) is 0 Å². The highest BCUT2D eigenvalue weighted by atomic mass is 14.6. The Balaban J connectivity index is 1.87. The second-order valence-electron chi connectivity index (χ2n) is 5.19. The topological polar surface area (TPSA) is 26.0 Å². The average molecular weight is 217 g/mol. The van der Waals surface area contributed by atoms with Crippen LogP contribution < -0.4 is 5.73 Å². The lowest BCUT2D eigenvalue weighted by Gasteiger charge is -2.16. The van der Waals surface area contributed by atoms with Crippen molar-refractivity contribution in [2.24, 2.45) is 11.7 Å². The first kappa shape index (κ1) is 11.7. The van der Waals surface area contributed by atoms with Crippen LogP contribution in [-0.4, -0.2) is 0 Å². The Labute approximate surface area is 99.0 Å². The molecule has 1 heteroatoms. The third-order valence-corrected chi connectivity index (χ3v) is 3.95. The fourth-order valence-electron chi connectivity index (χ4n) is 2.87. The maximum atomic E-state index is 6.27. The standard InChI is InChI=1S/C15H23N/c1-12-6-2-5-9-14(12)15(16)11-10-13-7-3-4-8-13/h2,5-6,9,13,15H,3-4,7-8,10-11,16H2,1H3. The maximum Gasteiger partial charge on any atom is 0.0297 e. The fourth-order valence-corrected chi connectivity index (χ4v) is 2.87. The molecule has 88 valence electrons. The van der Waals surface area contributed by atoms with Gasteiger partial charge < -0.3 is 5.73 Å². The van der Waals surface area contributed by atoms with Gasteiger partial charge >= 0.3 is 0 Å². The molecule has 1 nitrogen and oxygen atoms in total. The summed E-state index contributed by atoms with van der Waals surface area (Å²) in [6, 6.07) is 8.75. The predicted molar refractivity (Wildman–Crippen MR) is 69.3 cm³/mol. The molecule has 0 amide bonds. The zero-order valence-electron chi connectivity index (χ0n) is 10.3. The molecule has 0 saturated heterocycles. The molecule has 0 heterocycles. The number of aryl methyl sites for hydroxylation is 1. The summed E-state index contributed by atoms with van der Waals surface area (Å²) in [5.74, 6) is 0.954. The van der Waals surface area contributed by atoms with Crippen LogP contribution in [0.1, 0.15) is 55.7 Å². The number of rotatable bonds is 4. The minimum Gasteiger partial charge on any atom is -0.324 e. The van der Waals surface area contributed by atoms with Crippen LogP contribution in [-0.2, 0) is 0 Å². The Hall–Kier alpha value is -0.820. The van der Waals surface area contributed by atoms with Crippen molar-refractivity contribution < 1.29 is 0 Å². The van der Waals surface area contributed by atoms with E-state index >= 15 is 0 Å². The molecule has 1 fully saturated rings. The first-order valence-corrected chi connectivity index (χ1v) is 6.58. The summed E-state index contributed by atoms with van der Waals surface area (Å²) in [5, 5.41) is 0. The molecule has 1 aliphatic carbocycles. The van der Waals surface area contributed by atoms with Crippen molar-refractivity contribution in [3.63, 3.8) is 0 Å². The quantitative estimate of drug-likeness (QED) is 0.811. The van der Waals surface area contributed by atoms with Crippen molar-refractivity contribution in [3.05, 3.63) is 35.4 Å². The highest BCUT2D eigenvalue weighted by Gasteiger charge is 2.17. The van der Waals surface area contributed by atoms with Gasteiger partial charge in [-0.3, -0.25) is 0 Å². The molecule has 0 bridgehead atoms. The summed E-state index contributed by atoms with van der Waals surface area (Å²) in [4.78, 5) is 0. The average Bonchev–Trinajstić information content (AvgIpc) is 2.79. The van der Waals surface area contributed by atoms with Crippen molar-refractivity contribution in [3.8, 4) is 0 Å². The summed E-state index contributed by atoms with van der Waals surface area (Å²) in [6.07, 6.45) is 8.19. The van der Waals surface area contributed by atoms with Crippen LogP contribution in [0.15, 0.2) is 24.3 Å². The second kappa shape index (κ2) is 5.49. The van der Waals surface area contributed by atoms with Gasteiger partial charge in [0.1, 0.15) is 0 Å². The number of hydrogen-bond acceptors (Lipinski definition) is 1. The van der Waals surface area contributed by atoms with E-state index in [1.165, 1.54) is 43.2 Å². The SMILES string of the molecule is Cc1ccccc1C(N)CCC1CCCC1. The van der Waals surface area contributed by atoms with Crippen LogP contribution in [0.25, 0.3) is 0 Å². The molecule has 0 spiro atoms. The Morgan fingerprint density at radius 3 is 2.62 bits per heavy atom. The lowest BCUT2D eigenvalue weighted by Crippen LogP contribution is -2.13. The minimum atomic E-state index is 0.238. The zero-order chi connectivity index (χ0) is 11.4. The molecular weight excluding hydrogens is 194 g/mol. The molecule has 0 radical (unpaired) electrons. The van der Waals surface area contributed by atoms with Crippen molar-refractivity contribution in [1.29, 1.82) is 0 Å². The normalized spacial score (nSPS) is 18.9. The Kier molecular flexibility index (Phi) is 4.00. The van der Waals surface area contributed by atoms with Crippen LogP contribution >= 0.6 is 0 Å². The Bertz CT molecular complexity index is 326. The third-order valence-electron chi connectivity index (χ3n) is 3.95. The van der Waals surface area contributed by atoms with Gasteiger partial charge in [-0.2, -0.15) is 0 Å². The van der Waals surface area contributed by atoms with Crippen LogP contribution in [0.4, 0.5) is 0 Å². The minimum absolute atomic E-state index is 0.238. The number of hydrogen-bond donors (Lipinski definition) is 1. The highest BCUT2D eigenvalue weighted by molar-refractivity contribution is 5.28. The van der Waals surface area contributed by atoms with Crippen molar-refractivity contribution in [2.75, 3.05) is 0 Å². The van der Waals surface area contributed by atoms with Gasteiger partial charge in [0.05, 0.1) is 0 Å². The summed E-state index contributed by atoms with van der Waals surface area (Å²) in [5.41, 5.74) is 8.94.